The molecule has 0 unspecified atom stereocenters. The van der Waals surface area contributed by atoms with Gasteiger partial charge in [0.05, 0.1) is 0 Å². The van der Waals surface area contributed by atoms with Crippen molar-refractivity contribution < 1.29 is 11.4 Å². The van der Waals surface area contributed by atoms with Crippen LogP contribution in [0.25, 0.3) is 0 Å². The molecule has 1 N–H and O–H groups in total. The van der Waals surface area contributed by atoms with Crippen LogP contribution in [0.3, 0.4) is 0 Å². The first kappa shape index (κ1) is 35.2. The molecule has 0 aromatic rings. The molecule has 0 bridgehead atoms. The van der Waals surface area contributed by atoms with Gasteiger partial charge in [0.25, 0.3) is 0 Å². The van der Waals surface area contributed by atoms with E-state index in [1.165, 1.54) is 139 Å². The van der Waals surface area contributed by atoms with E-state index in [4.69, 9.17) is 30.1 Å². The van der Waals surface area contributed by atoms with Gasteiger partial charge >= 0.3 is 41.5 Å². The fourth-order valence-electron chi connectivity index (χ4n) is 3.29. The number of halogens is 3. The molecule has 0 amide bonds. The predicted octanol–water partition coefficient (Wildman–Crippen LogP) is 10.4. The number of nitrogens with one attached hydrogen (secondary N) is 1. The van der Waals surface area contributed by atoms with Gasteiger partial charge in [0, 0.05) is 24.6 Å². The standard InChI is InChI=1S/C24H51NS2.3ClH.Cr/c1-3-5-7-9-11-13-15-17-21-26-23-19-25-20-24-27-22-18-16-14-12-10-8-6-4-2;;;;/h25H,3-24H2,1-2H3;3*1H;/q;;;;+3/p-3. The van der Waals surface area contributed by atoms with E-state index in [0.717, 1.165) is 0 Å². The summed E-state index contributed by atoms with van der Waals surface area (Å²) >= 11 is 2.66. The van der Waals surface area contributed by atoms with Gasteiger partial charge in [-0.3, -0.25) is 0 Å². The summed E-state index contributed by atoms with van der Waals surface area (Å²) in [5, 5.41) is 3.61. The molecule has 0 aliphatic heterocycles. The summed E-state index contributed by atoms with van der Waals surface area (Å²) in [6.07, 6.45) is 23.0. The molecule has 0 aliphatic carbocycles. The minimum absolute atomic E-state index is 1.19. The van der Waals surface area contributed by atoms with E-state index >= 15 is 0 Å². The predicted molar refractivity (Wildman–Crippen MR) is 150 cm³/mol. The second kappa shape index (κ2) is 34.2. The number of thioether (sulfide) groups is 2. The molecule has 0 spiro atoms. The van der Waals surface area contributed by atoms with Gasteiger partial charge in [-0.1, -0.05) is 104 Å². The van der Waals surface area contributed by atoms with Crippen LogP contribution in [0.15, 0.2) is 0 Å². The fourth-order valence-corrected chi connectivity index (χ4v) is 5.10. The van der Waals surface area contributed by atoms with Crippen LogP contribution in [0, 0.1) is 0 Å². The molecule has 0 saturated carbocycles. The molecule has 0 heterocycles. The summed E-state index contributed by atoms with van der Waals surface area (Å²) in [7, 11) is 14.8. The van der Waals surface area contributed by atoms with Gasteiger partial charge in [-0.25, -0.2) is 0 Å². The molecular weight excluding hydrogens is 525 g/mol. The van der Waals surface area contributed by atoms with E-state index in [-0.39, 0.29) is 0 Å². The van der Waals surface area contributed by atoms with E-state index in [0.29, 0.717) is 0 Å². The van der Waals surface area contributed by atoms with Crippen molar-refractivity contribution in [3.05, 3.63) is 0 Å². The van der Waals surface area contributed by atoms with E-state index in [2.05, 4.69) is 42.7 Å². The average Bonchev–Trinajstić information content (AvgIpc) is 2.74. The molecule has 0 aromatic carbocycles. The molecule has 0 atom stereocenters. The number of unbranched alkanes of at least 4 members (excludes halogenated alkanes) is 14. The van der Waals surface area contributed by atoms with Crippen LogP contribution in [0.5, 0.6) is 0 Å². The quantitative estimate of drug-likeness (QED) is 0.115. The zero-order valence-electron chi connectivity index (χ0n) is 20.4. The molecule has 0 rings (SSSR count). The first-order chi connectivity index (χ1) is 15.1. The summed E-state index contributed by atoms with van der Waals surface area (Å²) in [4.78, 5) is 0. The summed E-state index contributed by atoms with van der Waals surface area (Å²) in [6.45, 7) is 6.98. The molecule has 31 heavy (non-hydrogen) atoms. The fraction of sp³-hybridized carbons (Fsp3) is 1.00. The SMILES string of the molecule is CCCCCCCCCCSCCNCCSCCCCCCCCCC.[Cl][Cr]([Cl])[Cl]. The van der Waals surface area contributed by atoms with Crippen molar-refractivity contribution in [1.82, 2.24) is 5.32 Å². The Labute approximate surface area is 221 Å². The topological polar surface area (TPSA) is 12.0 Å². The van der Waals surface area contributed by atoms with Gasteiger partial charge < -0.3 is 5.32 Å². The van der Waals surface area contributed by atoms with Gasteiger partial charge in [0.1, 0.15) is 0 Å². The van der Waals surface area contributed by atoms with Gasteiger partial charge in [0.2, 0.25) is 0 Å². The maximum absolute atomic E-state index is 4.93. The normalized spacial score (nSPS) is 11.0. The zero-order valence-corrected chi connectivity index (χ0v) is 25.6. The Morgan fingerprint density at radius 2 is 0.774 bits per heavy atom. The van der Waals surface area contributed by atoms with Crippen LogP contribution in [-0.2, 0) is 11.4 Å². The van der Waals surface area contributed by atoms with Crippen LogP contribution in [0.4, 0.5) is 0 Å². The molecule has 191 valence electrons. The molecule has 0 saturated heterocycles. The second-order valence-electron chi connectivity index (χ2n) is 8.10. The van der Waals surface area contributed by atoms with Crippen molar-refractivity contribution in [1.29, 1.82) is 0 Å². The number of rotatable bonds is 24. The zero-order chi connectivity index (χ0) is 23.3. The van der Waals surface area contributed by atoms with E-state index in [1.807, 2.05) is 0 Å². The summed E-state index contributed by atoms with van der Waals surface area (Å²) in [5.41, 5.74) is 0. The molecule has 0 aromatic heterocycles. The Balaban J connectivity index is 0. The van der Waals surface area contributed by atoms with Crippen LogP contribution < -0.4 is 5.32 Å². The Hall–Kier alpha value is 2.06. The van der Waals surface area contributed by atoms with Crippen molar-refractivity contribution in [3.8, 4) is 0 Å². The summed E-state index contributed by atoms with van der Waals surface area (Å²) in [5.74, 6) is 5.31. The van der Waals surface area contributed by atoms with Crippen molar-refractivity contribution >= 4 is 53.7 Å². The molecule has 0 radical (unpaired) electrons. The van der Waals surface area contributed by atoms with E-state index in [1.54, 1.807) is 0 Å². The Kier molecular flexibility index (Phi) is 38.9. The molecule has 0 fully saturated rings. The van der Waals surface area contributed by atoms with E-state index in [9.17, 15) is 0 Å². The average molecular weight is 576 g/mol. The van der Waals surface area contributed by atoms with Gasteiger partial charge in [-0.05, 0) is 24.3 Å². The summed E-state index contributed by atoms with van der Waals surface area (Å²) in [6, 6.07) is 0. The van der Waals surface area contributed by atoms with Crippen molar-refractivity contribution in [2.24, 2.45) is 0 Å². The molecule has 0 aliphatic rings. The first-order valence-corrected chi connectivity index (χ1v) is 20.3. The van der Waals surface area contributed by atoms with Crippen LogP contribution in [-0.4, -0.2) is 36.1 Å². The van der Waals surface area contributed by atoms with Gasteiger partial charge in [-0.2, -0.15) is 23.5 Å². The van der Waals surface area contributed by atoms with Crippen molar-refractivity contribution in [2.75, 3.05) is 36.1 Å². The molecule has 7 heteroatoms. The third kappa shape index (κ3) is 42.7. The monoisotopic (exact) mass is 574 g/mol. The number of hydrogen-bond donors (Lipinski definition) is 1. The van der Waals surface area contributed by atoms with E-state index < -0.39 is 11.4 Å². The molecular formula is C24H51Cl3CrNS2. The van der Waals surface area contributed by atoms with Crippen molar-refractivity contribution in [2.45, 2.75) is 117 Å². The molecule has 1 nitrogen and oxygen atoms in total. The van der Waals surface area contributed by atoms with Gasteiger partial charge in [-0.15, -0.1) is 0 Å². The Bertz CT molecular complexity index is 277. The third-order valence-corrected chi connectivity index (χ3v) is 7.27. The maximum atomic E-state index is 4.93. The Morgan fingerprint density at radius 1 is 0.484 bits per heavy atom. The van der Waals surface area contributed by atoms with Crippen LogP contribution in [0.1, 0.15) is 117 Å². The number of hydrogen-bond acceptors (Lipinski definition) is 3. The van der Waals surface area contributed by atoms with Crippen molar-refractivity contribution in [3.63, 3.8) is 0 Å². The Morgan fingerprint density at radius 3 is 1.10 bits per heavy atom. The minimum atomic E-state index is -1.62. The van der Waals surface area contributed by atoms with Crippen LogP contribution >= 0.6 is 53.7 Å². The van der Waals surface area contributed by atoms with Gasteiger partial charge in [0.15, 0.2) is 0 Å². The van der Waals surface area contributed by atoms with Crippen LogP contribution in [0.2, 0.25) is 0 Å². The first-order valence-electron chi connectivity index (χ1n) is 12.7. The second-order valence-corrected chi connectivity index (χ2v) is 16.9. The summed E-state index contributed by atoms with van der Waals surface area (Å²) < 4.78 is 0. The third-order valence-electron chi connectivity index (χ3n) is 5.13.